The maximum absolute atomic E-state index is 13.4. The molecule has 2 unspecified atom stereocenters. The Labute approximate surface area is 187 Å². The summed E-state index contributed by atoms with van der Waals surface area (Å²) in [5.41, 5.74) is 0.334. The van der Waals surface area contributed by atoms with E-state index in [2.05, 4.69) is 0 Å². The summed E-state index contributed by atoms with van der Waals surface area (Å²) in [7, 11) is 7.48. The Morgan fingerprint density at radius 2 is 1.94 bits per heavy atom. The van der Waals surface area contributed by atoms with E-state index in [1.807, 2.05) is 6.92 Å². The zero-order valence-corrected chi connectivity index (χ0v) is 18.4. The van der Waals surface area contributed by atoms with Gasteiger partial charge in [-0.25, -0.2) is 4.79 Å². The van der Waals surface area contributed by atoms with Crippen LogP contribution in [-0.2, 0) is 20.8 Å². The zero-order valence-electron chi connectivity index (χ0n) is 18.4. The van der Waals surface area contributed by atoms with Crippen LogP contribution in [0.2, 0.25) is 5.82 Å². The number of hydrogen-bond acceptors (Lipinski definition) is 5. The number of amides is 1. The van der Waals surface area contributed by atoms with Gasteiger partial charge in [-0.3, -0.25) is 0 Å². The molecule has 0 aromatic heterocycles. The maximum atomic E-state index is 13.4. The second-order valence-electron chi connectivity index (χ2n) is 8.58. The fraction of sp³-hybridized carbons (Fsp3) is 0.682. The van der Waals surface area contributed by atoms with Crippen molar-refractivity contribution in [2.45, 2.75) is 56.5 Å². The fourth-order valence-corrected chi connectivity index (χ4v) is 4.06. The number of halogens is 3. The third-order valence-corrected chi connectivity index (χ3v) is 6.22. The van der Waals surface area contributed by atoms with Crippen LogP contribution < -0.4 is 4.74 Å². The van der Waals surface area contributed by atoms with Gasteiger partial charge in [0.05, 0.1) is 33.8 Å². The minimum Gasteiger partial charge on any atom is -0.497 e. The van der Waals surface area contributed by atoms with Crippen molar-refractivity contribution in [2.24, 2.45) is 5.92 Å². The van der Waals surface area contributed by atoms with Crippen LogP contribution in [0.5, 0.6) is 5.75 Å². The first kappa shape index (κ1) is 24.7. The lowest BCUT2D eigenvalue weighted by atomic mass is 9.73. The van der Waals surface area contributed by atoms with E-state index in [9.17, 15) is 18.0 Å². The number of rotatable bonds is 7. The summed E-state index contributed by atoms with van der Waals surface area (Å²) in [6.45, 7) is 2.25. The molecule has 1 aromatic carbocycles. The number of nitrogens with zero attached hydrogens (tertiary/aromatic N) is 1. The fourth-order valence-electron chi connectivity index (χ4n) is 4.06. The molecule has 2 radical (unpaired) electrons. The lowest BCUT2D eigenvalue weighted by Crippen LogP contribution is -2.49. The van der Waals surface area contributed by atoms with E-state index < -0.39 is 25.0 Å². The number of benzene rings is 1. The molecule has 3 atom stereocenters. The first-order valence-corrected chi connectivity index (χ1v) is 10.7. The molecule has 2 heterocycles. The highest BCUT2D eigenvalue weighted by Crippen LogP contribution is 2.42. The van der Waals surface area contributed by atoms with Crippen molar-refractivity contribution >= 4 is 13.9 Å². The molecule has 1 aromatic rings. The molecule has 0 bridgehead atoms. The number of carbonyl (C=O) groups excluding carboxylic acids is 1. The van der Waals surface area contributed by atoms with E-state index in [-0.39, 0.29) is 37.0 Å². The summed E-state index contributed by atoms with van der Waals surface area (Å²) in [5, 5.41) is 0. The van der Waals surface area contributed by atoms with Crippen molar-refractivity contribution in [3.05, 3.63) is 29.8 Å². The molecular weight excluding hydrogens is 426 g/mol. The average Bonchev–Trinajstić information content (AvgIpc) is 3.17. The Morgan fingerprint density at radius 1 is 1.28 bits per heavy atom. The van der Waals surface area contributed by atoms with Crippen LogP contribution >= 0.6 is 0 Å². The Kier molecular flexibility index (Phi) is 7.98. The van der Waals surface area contributed by atoms with Crippen molar-refractivity contribution in [2.75, 3.05) is 33.4 Å². The normalized spacial score (nSPS) is 22.5. The van der Waals surface area contributed by atoms with E-state index in [0.717, 1.165) is 6.42 Å². The van der Waals surface area contributed by atoms with E-state index in [1.54, 1.807) is 24.3 Å². The molecule has 32 heavy (non-hydrogen) atoms. The lowest BCUT2D eigenvalue weighted by molar-refractivity contribution is -0.220. The van der Waals surface area contributed by atoms with Gasteiger partial charge in [-0.1, -0.05) is 24.9 Å². The van der Waals surface area contributed by atoms with Crippen LogP contribution in [0.15, 0.2) is 24.3 Å². The van der Waals surface area contributed by atoms with Crippen LogP contribution in [-0.4, -0.2) is 70.1 Å². The van der Waals surface area contributed by atoms with Gasteiger partial charge < -0.3 is 23.8 Å². The molecule has 176 valence electrons. The molecule has 1 amide bonds. The van der Waals surface area contributed by atoms with Gasteiger partial charge in [-0.05, 0) is 42.9 Å². The molecule has 3 rings (SSSR count). The average molecular weight is 455 g/mol. The lowest BCUT2D eigenvalue weighted by Gasteiger charge is -2.38. The second-order valence-corrected chi connectivity index (χ2v) is 8.58. The molecule has 10 heteroatoms. The van der Waals surface area contributed by atoms with E-state index in [4.69, 9.17) is 26.8 Å². The Balaban J connectivity index is 1.48. The van der Waals surface area contributed by atoms with Gasteiger partial charge in [0.25, 0.3) is 0 Å². The predicted octanol–water partition coefficient (Wildman–Crippen LogP) is 4.13. The molecule has 0 aliphatic carbocycles. The Morgan fingerprint density at radius 3 is 2.47 bits per heavy atom. The molecule has 1 spiro atoms. The Hall–Kier alpha value is -1.94. The monoisotopic (exact) mass is 455 g/mol. The third-order valence-electron chi connectivity index (χ3n) is 6.22. The summed E-state index contributed by atoms with van der Waals surface area (Å²) in [4.78, 5) is 13.7. The summed E-state index contributed by atoms with van der Waals surface area (Å²) >= 11 is 0. The van der Waals surface area contributed by atoms with Crippen molar-refractivity contribution in [1.29, 1.82) is 0 Å². The van der Waals surface area contributed by atoms with E-state index >= 15 is 0 Å². The van der Waals surface area contributed by atoms with Crippen LogP contribution in [0, 0.1) is 5.92 Å². The minimum absolute atomic E-state index is 0.0165. The van der Waals surface area contributed by atoms with Gasteiger partial charge in [0.2, 0.25) is 6.10 Å². The minimum atomic E-state index is -4.73. The van der Waals surface area contributed by atoms with E-state index in [1.165, 1.54) is 12.0 Å². The van der Waals surface area contributed by atoms with Gasteiger partial charge in [-0.15, -0.1) is 0 Å². The second kappa shape index (κ2) is 10.3. The third kappa shape index (κ3) is 6.31. The van der Waals surface area contributed by atoms with Gasteiger partial charge in [0, 0.05) is 19.7 Å². The first-order valence-electron chi connectivity index (χ1n) is 10.7. The van der Waals surface area contributed by atoms with Crippen molar-refractivity contribution < 1.29 is 36.9 Å². The highest BCUT2D eigenvalue weighted by Gasteiger charge is 2.46. The quantitative estimate of drug-likeness (QED) is 0.579. The molecular formula is C22H29BF3NO5. The van der Waals surface area contributed by atoms with Crippen LogP contribution in [0.25, 0.3) is 0 Å². The molecule has 2 aliphatic heterocycles. The highest BCUT2D eigenvalue weighted by molar-refractivity contribution is 6.11. The van der Waals surface area contributed by atoms with Crippen molar-refractivity contribution in [1.82, 2.24) is 4.90 Å². The SMILES string of the molecule is [B]C(C)C1COC2(CCN(C(=O)O[C@H](COCc3ccc(OC)cc3)C(F)(F)F)CC2)C1. The van der Waals surface area contributed by atoms with E-state index in [0.29, 0.717) is 30.8 Å². The molecule has 6 nitrogen and oxygen atoms in total. The van der Waals surface area contributed by atoms with Crippen LogP contribution in [0.1, 0.15) is 31.7 Å². The van der Waals surface area contributed by atoms with Crippen molar-refractivity contribution in [3.63, 3.8) is 0 Å². The standard InChI is InChI=1S/C22H29BF3NO5/c1-15(23)17-11-21(31-13-17)7-9-27(10-8-21)20(28)32-19(22(24,25)26)14-30-12-16-3-5-18(29-2)6-4-16/h3-6,15,17,19H,7-14H2,1-2H3/t15?,17?,19-/m1/s1. The first-order chi connectivity index (χ1) is 15.1. The zero-order chi connectivity index (χ0) is 23.4. The molecule has 0 N–H and O–H groups in total. The number of likely N-dealkylation sites (tertiary alicyclic amines) is 1. The molecule has 2 aliphatic rings. The van der Waals surface area contributed by atoms with Gasteiger partial charge in [0.15, 0.2) is 0 Å². The molecule has 2 saturated heterocycles. The number of piperidine rings is 1. The molecule has 0 saturated carbocycles. The highest BCUT2D eigenvalue weighted by atomic mass is 19.4. The topological polar surface area (TPSA) is 57.2 Å². The van der Waals surface area contributed by atoms with Gasteiger partial charge >= 0.3 is 12.3 Å². The Bertz CT molecular complexity index is 751. The smallest absolute Gasteiger partial charge is 0.427 e. The predicted molar refractivity (Wildman–Crippen MR) is 112 cm³/mol. The largest absolute Gasteiger partial charge is 0.497 e. The summed E-state index contributed by atoms with van der Waals surface area (Å²) in [6.07, 6.45) is -6.15. The number of methoxy groups -OCH3 is 1. The summed E-state index contributed by atoms with van der Waals surface area (Å²) in [5.74, 6) is 0.906. The maximum Gasteiger partial charge on any atom is 0.427 e. The van der Waals surface area contributed by atoms with Crippen LogP contribution in [0.3, 0.4) is 0 Å². The number of hydrogen-bond donors (Lipinski definition) is 0. The molecule has 2 fully saturated rings. The summed E-state index contributed by atoms with van der Waals surface area (Å²) < 4.78 is 61.2. The summed E-state index contributed by atoms with van der Waals surface area (Å²) in [6, 6.07) is 6.76. The number of alkyl halides is 3. The van der Waals surface area contributed by atoms with Gasteiger partial charge in [0.1, 0.15) is 5.75 Å². The number of carbonyl (C=O) groups is 1. The van der Waals surface area contributed by atoms with Crippen LogP contribution in [0.4, 0.5) is 18.0 Å². The van der Waals surface area contributed by atoms with Crippen molar-refractivity contribution in [3.8, 4) is 5.75 Å². The van der Waals surface area contributed by atoms with Gasteiger partial charge in [-0.2, -0.15) is 13.2 Å². The number of ether oxygens (including phenoxy) is 4.